The van der Waals surface area contributed by atoms with E-state index in [1.54, 1.807) is 27.7 Å². The Morgan fingerprint density at radius 3 is 1.48 bits per heavy atom. The molecule has 1 saturated carbocycles. The second-order valence-corrected chi connectivity index (χ2v) is 5.87. The Labute approximate surface area is 144 Å². The lowest BCUT2D eigenvalue weighted by Gasteiger charge is -2.19. The number of rotatable bonds is 3. The van der Waals surface area contributed by atoms with Gasteiger partial charge in [-0.2, -0.15) is 0 Å². The summed E-state index contributed by atoms with van der Waals surface area (Å²) in [5, 5.41) is 2.38. The van der Waals surface area contributed by atoms with Gasteiger partial charge in [-0.3, -0.25) is 4.79 Å². The number of carbonyl (C=O) groups is 2. The summed E-state index contributed by atoms with van der Waals surface area (Å²) >= 11 is 0. The van der Waals surface area contributed by atoms with Crippen molar-refractivity contribution in [3.05, 3.63) is 0 Å². The Bertz CT molecular complexity index is 255. The van der Waals surface area contributed by atoms with E-state index in [0.29, 0.717) is 6.42 Å². The molecular weight excluding hydrogens is 290 g/mol. The summed E-state index contributed by atoms with van der Waals surface area (Å²) in [6, 6.07) is 0. The monoisotopic (exact) mass is 331 g/mol. The van der Waals surface area contributed by atoms with Crippen LogP contribution in [0.25, 0.3) is 0 Å². The first-order valence-corrected chi connectivity index (χ1v) is 9.33. The van der Waals surface area contributed by atoms with E-state index in [-0.39, 0.29) is 12.3 Å². The van der Waals surface area contributed by atoms with Gasteiger partial charge in [0, 0.05) is 6.42 Å². The Morgan fingerprint density at radius 2 is 1.22 bits per heavy atom. The molecule has 0 aliphatic heterocycles. The predicted octanol–water partition coefficient (Wildman–Crippen LogP) is 5.88. The molecule has 1 N–H and O–H groups in total. The standard InChI is InChI=1S/C9H17NO3.C6H12.2C2H6/c1-5-7(11)6-10-8(12)13-9(2,3)4;1-2-4-6-5-3-1;2*1-2/h5-6H2,1-4H3,(H,10,12);1-6H2;2*1-2H3. The molecule has 0 bridgehead atoms. The van der Waals surface area contributed by atoms with Gasteiger partial charge >= 0.3 is 6.09 Å². The molecule has 0 atom stereocenters. The number of hydrogen-bond acceptors (Lipinski definition) is 3. The van der Waals surface area contributed by atoms with Gasteiger partial charge in [-0.25, -0.2) is 4.79 Å². The highest BCUT2D eigenvalue weighted by molar-refractivity contribution is 5.83. The van der Waals surface area contributed by atoms with Crippen LogP contribution in [0.3, 0.4) is 0 Å². The summed E-state index contributed by atoms with van der Waals surface area (Å²) in [6.45, 7) is 15.1. The molecule has 4 heteroatoms. The smallest absolute Gasteiger partial charge is 0.408 e. The van der Waals surface area contributed by atoms with Gasteiger partial charge in [0.05, 0.1) is 6.54 Å². The van der Waals surface area contributed by atoms with Crippen molar-refractivity contribution in [3.63, 3.8) is 0 Å². The maximum Gasteiger partial charge on any atom is 0.408 e. The van der Waals surface area contributed by atoms with Crippen molar-refractivity contribution in [2.24, 2.45) is 0 Å². The minimum absolute atomic E-state index is 0.00846. The van der Waals surface area contributed by atoms with Crippen molar-refractivity contribution >= 4 is 11.9 Å². The third-order valence-electron chi connectivity index (χ3n) is 2.72. The van der Waals surface area contributed by atoms with E-state index in [1.165, 1.54) is 38.5 Å². The zero-order chi connectivity index (χ0) is 18.7. The van der Waals surface area contributed by atoms with Gasteiger partial charge in [0.25, 0.3) is 0 Å². The van der Waals surface area contributed by atoms with E-state index in [2.05, 4.69) is 5.32 Å². The lowest BCUT2D eigenvalue weighted by Crippen LogP contribution is -2.35. The minimum Gasteiger partial charge on any atom is -0.444 e. The van der Waals surface area contributed by atoms with Crippen molar-refractivity contribution in [1.82, 2.24) is 5.32 Å². The quantitative estimate of drug-likeness (QED) is 0.702. The van der Waals surface area contributed by atoms with Crippen molar-refractivity contribution in [2.75, 3.05) is 6.54 Å². The summed E-state index contributed by atoms with van der Waals surface area (Å²) in [5.41, 5.74) is -0.515. The molecular formula is C19H41NO3. The molecule has 23 heavy (non-hydrogen) atoms. The van der Waals surface area contributed by atoms with Crippen LogP contribution in [0, 0.1) is 0 Å². The molecule has 1 amide bonds. The predicted molar refractivity (Wildman–Crippen MR) is 99.9 cm³/mol. The normalized spacial score (nSPS) is 12.9. The Morgan fingerprint density at radius 1 is 0.870 bits per heavy atom. The molecule has 0 aromatic rings. The van der Waals surface area contributed by atoms with Crippen LogP contribution in [0.15, 0.2) is 0 Å². The molecule has 140 valence electrons. The molecule has 0 aromatic heterocycles. The van der Waals surface area contributed by atoms with Gasteiger partial charge in [-0.05, 0) is 20.8 Å². The number of ketones is 1. The summed E-state index contributed by atoms with van der Waals surface area (Å²) in [6.07, 6.45) is 8.88. The molecule has 1 aliphatic carbocycles. The largest absolute Gasteiger partial charge is 0.444 e. The highest BCUT2D eigenvalue weighted by atomic mass is 16.6. The molecule has 1 fully saturated rings. The fourth-order valence-electron chi connectivity index (χ4n) is 1.67. The highest BCUT2D eigenvalue weighted by Gasteiger charge is 2.15. The third kappa shape index (κ3) is 26.2. The number of amides is 1. The van der Waals surface area contributed by atoms with Gasteiger partial charge in [-0.15, -0.1) is 0 Å². The van der Waals surface area contributed by atoms with Crippen LogP contribution in [-0.2, 0) is 9.53 Å². The lowest BCUT2D eigenvalue weighted by molar-refractivity contribution is -0.118. The number of hydrogen-bond donors (Lipinski definition) is 1. The van der Waals surface area contributed by atoms with Crippen LogP contribution in [-0.4, -0.2) is 24.0 Å². The first-order valence-electron chi connectivity index (χ1n) is 9.33. The molecule has 1 aliphatic rings. The molecule has 0 heterocycles. The summed E-state index contributed by atoms with van der Waals surface area (Å²) < 4.78 is 4.93. The van der Waals surface area contributed by atoms with E-state index in [1.807, 2.05) is 27.7 Å². The maximum atomic E-state index is 11.0. The van der Waals surface area contributed by atoms with Crippen LogP contribution in [0.1, 0.15) is 100 Å². The first kappa shape index (κ1) is 26.8. The number of carbonyl (C=O) groups excluding carboxylic acids is 2. The van der Waals surface area contributed by atoms with Gasteiger partial charge in [0.2, 0.25) is 0 Å². The molecule has 0 unspecified atom stereocenters. The molecule has 0 aromatic carbocycles. The van der Waals surface area contributed by atoms with Crippen molar-refractivity contribution in [3.8, 4) is 0 Å². The zero-order valence-corrected chi connectivity index (χ0v) is 16.9. The van der Waals surface area contributed by atoms with Crippen LogP contribution >= 0.6 is 0 Å². The Balaban J connectivity index is -0.000000330. The minimum atomic E-state index is -0.547. The zero-order valence-electron chi connectivity index (χ0n) is 16.9. The molecule has 0 radical (unpaired) electrons. The van der Waals surface area contributed by atoms with E-state index in [9.17, 15) is 9.59 Å². The number of alkyl carbamates (subject to hydrolysis) is 1. The molecule has 1 rings (SSSR count). The second kappa shape index (κ2) is 19.0. The van der Waals surface area contributed by atoms with Crippen LogP contribution in [0.4, 0.5) is 4.79 Å². The van der Waals surface area contributed by atoms with Crippen LogP contribution < -0.4 is 5.32 Å². The summed E-state index contributed by atoms with van der Waals surface area (Å²) in [7, 11) is 0. The van der Waals surface area contributed by atoms with E-state index in [0.717, 1.165) is 0 Å². The second-order valence-electron chi connectivity index (χ2n) is 5.87. The maximum absolute atomic E-state index is 11.0. The SMILES string of the molecule is C1CCCCC1.CC.CC.CCC(=O)CNC(=O)OC(C)(C)C. The van der Waals surface area contributed by atoms with Crippen molar-refractivity contribution in [2.45, 2.75) is 106 Å². The van der Waals surface area contributed by atoms with Gasteiger partial charge in [0.1, 0.15) is 5.60 Å². The number of ether oxygens (including phenoxy) is 1. The van der Waals surface area contributed by atoms with Gasteiger partial charge < -0.3 is 10.1 Å². The van der Waals surface area contributed by atoms with Crippen molar-refractivity contribution < 1.29 is 14.3 Å². The summed E-state index contributed by atoms with van der Waals surface area (Å²) in [5.74, 6) is -0.00846. The van der Waals surface area contributed by atoms with Crippen molar-refractivity contribution in [1.29, 1.82) is 0 Å². The topological polar surface area (TPSA) is 55.4 Å². The van der Waals surface area contributed by atoms with E-state index >= 15 is 0 Å². The van der Waals surface area contributed by atoms with Gasteiger partial charge in [0.15, 0.2) is 5.78 Å². The van der Waals surface area contributed by atoms with E-state index < -0.39 is 11.7 Å². The van der Waals surface area contributed by atoms with E-state index in [4.69, 9.17) is 4.74 Å². The highest BCUT2D eigenvalue weighted by Crippen LogP contribution is 2.15. The average Bonchev–Trinajstić information content (AvgIpc) is 2.57. The number of nitrogens with one attached hydrogen (secondary N) is 1. The Hall–Kier alpha value is -1.06. The van der Waals surface area contributed by atoms with Crippen LogP contribution in [0.2, 0.25) is 0 Å². The fourth-order valence-corrected chi connectivity index (χ4v) is 1.67. The van der Waals surface area contributed by atoms with Gasteiger partial charge in [-0.1, -0.05) is 73.1 Å². The molecule has 4 nitrogen and oxygen atoms in total. The lowest BCUT2D eigenvalue weighted by atomic mass is 10.0. The summed E-state index contributed by atoms with van der Waals surface area (Å²) in [4.78, 5) is 21.8. The molecule has 0 saturated heterocycles. The fraction of sp³-hybridized carbons (Fsp3) is 0.895. The number of Topliss-reactive ketones (excluding diaryl/α,β-unsaturated/α-hetero) is 1. The van der Waals surface area contributed by atoms with Crippen LogP contribution in [0.5, 0.6) is 0 Å². The molecule has 0 spiro atoms. The average molecular weight is 332 g/mol. The first-order chi connectivity index (χ1) is 10.8. The third-order valence-corrected chi connectivity index (χ3v) is 2.72. The Kier molecular flexibility index (Phi) is 22.1.